The van der Waals surface area contributed by atoms with Crippen molar-refractivity contribution in [1.82, 2.24) is 10.2 Å². The predicted molar refractivity (Wildman–Crippen MR) is 96.4 cm³/mol. The highest BCUT2D eigenvalue weighted by Gasteiger charge is 2.46. The van der Waals surface area contributed by atoms with Crippen LogP contribution in [0.1, 0.15) is 24.8 Å². The summed E-state index contributed by atoms with van der Waals surface area (Å²) in [5.74, 6) is -0.144. The average Bonchev–Trinajstić information content (AvgIpc) is 2.89. The fraction of sp³-hybridized carbons (Fsp3) is 0.450. The van der Waals surface area contributed by atoms with Crippen molar-refractivity contribution >= 4 is 17.7 Å². The number of para-hydroxylation sites is 1. The molecule has 0 saturated carbocycles. The number of imide groups is 1. The minimum absolute atomic E-state index is 0.120. The first-order chi connectivity index (χ1) is 12.6. The van der Waals surface area contributed by atoms with Crippen LogP contribution in [0.4, 0.5) is 0 Å². The number of carbonyl (C=O) groups excluding carboxylic acids is 3. The number of hydrogen-bond donors (Lipinski definition) is 1. The van der Waals surface area contributed by atoms with Crippen LogP contribution in [0.5, 0.6) is 5.75 Å². The highest BCUT2D eigenvalue weighted by atomic mass is 16.5. The van der Waals surface area contributed by atoms with Gasteiger partial charge in [0, 0.05) is 13.0 Å². The Labute approximate surface area is 153 Å². The zero-order chi connectivity index (χ0) is 18.5. The van der Waals surface area contributed by atoms with E-state index in [4.69, 9.17) is 4.74 Å². The van der Waals surface area contributed by atoms with Crippen LogP contribution in [-0.4, -0.2) is 42.3 Å². The Kier molecular flexibility index (Phi) is 5.71. The molecule has 2 atom stereocenters. The maximum absolute atomic E-state index is 12.3. The van der Waals surface area contributed by atoms with E-state index >= 15 is 0 Å². The zero-order valence-electron chi connectivity index (χ0n) is 14.9. The number of likely N-dealkylation sites (tertiary alicyclic amines) is 1. The van der Waals surface area contributed by atoms with Crippen molar-refractivity contribution in [3.63, 3.8) is 0 Å². The molecule has 0 unspecified atom stereocenters. The molecule has 1 saturated heterocycles. The molecule has 3 amide bonds. The molecule has 138 valence electrons. The number of benzene rings is 1. The molecule has 1 aliphatic carbocycles. The second kappa shape index (κ2) is 8.17. The van der Waals surface area contributed by atoms with Crippen LogP contribution >= 0.6 is 0 Å². The lowest BCUT2D eigenvalue weighted by Crippen LogP contribution is -2.36. The van der Waals surface area contributed by atoms with E-state index in [-0.39, 0.29) is 42.5 Å². The van der Waals surface area contributed by atoms with Gasteiger partial charge in [-0.3, -0.25) is 19.3 Å². The Morgan fingerprint density at radius 1 is 1.15 bits per heavy atom. The van der Waals surface area contributed by atoms with Gasteiger partial charge in [0.15, 0.2) is 0 Å². The van der Waals surface area contributed by atoms with Gasteiger partial charge in [-0.25, -0.2) is 0 Å². The molecule has 0 aromatic heterocycles. The molecule has 2 aliphatic rings. The number of ether oxygens (including phenoxy) is 1. The summed E-state index contributed by atoms with van der Waals surface area (Å²) in [6.07, 6.45) is 5.27. The summed E-state index contributed by atoms with van der Waals surface area (Å²) in [6, 6.07) is 7.69. The number of nitrogens with zero attached hydrogens (tertiary/aromatic N) is 1. The molecule has 6 nitrogen and oxygen atoms in total. The maximum Gasteiger partial charge on any atom is 0.233 e. The van der Waals surface area contributed by atoms with E-state index in [0.29, 0.717) is 26.0 Å². The minimum atomic E-state index is -0.238. The molecule has 1 aromatic carbocycles. The van der Waals surface area contributed by atoms with E-state index in [0.717, 1.165) is 11.3 Å². The van der Waals surface area contributed by atoms with Crippen LogP contribution in [0.3, 0.4) is 0 Å². The molecule has 6 heteroatoms. The number of nitrogens with one attached hydrogen (secondary N) is 1. The minimum Gasteiger partial charge on any atom is -0.491 e. The Bertz CT molecular complexity index is 702. The molecule has 26 heavy (non-hydrogen) atoms. The van der Waals surface area contributed by atoms with Crippen molar-refractivity contribution in [3.8, 4) is 5.75 Å². The number of rotatable bonds is 7. The van der Waals surface area contributed by atoms with Crippen molar-refractivity contribution < 1.29 is 19.1 Å². The van der Waals surface area contributed by atoms with Crippen molar-refractivity contribution in [3.05, 3.63) is 42.0 Å². The van der Waals surface area contributed by atoms with Gasteiger partial charge < -0.3 is 10.1 Å². The highest BCUT2D eigenvalue weighted by molar-refractivity contribution is 6.05. The van der Waals surface area contributed by atoms with E-state index in [1.54, 1.807) is 0 Å². The normalized spacial score (nSPS) is 21.7. The Balaban J connectivity index is 1.38. The monoisotopic (exact) mass is 356 g/mol. The van der Waals surface area contributed by atoms with E-state index < -0.39 is 0 Å². The van der Waals surface area contributed by atoms with E-state index in [1.807, 2.05) is 43.3 Å². The highest BCUT2D eigenvalue weighted by Crippen LogP contribution is 2.34. The number of hydrogen-bond acceptors (Lipinski definition) is 4. The van der Waals surface area contributed by atoms with E-state index in [2.05, 4.69) is 5.32 Å². The third-order valence-electron chi connectivity index (χ3n) is 4.94. The summed E-state index contributed by atoms with van der Waals surface area (Å²) in [7, 11) is 0. The molecule has 1 heterocycles. The fourth-order valence-electron chi connectivity index (χ4n) is 3.46. The lowest BCUT2D eigenvalue weighted by Gasteiger charge is -2.14. The molecule has 0 bridgehead atoms. The van der Waals surface area contributed by atoms with Gasteiger partial charge in [-0.15, -0.1) is 0 Å². The van der Waals surface area contributed by atoms with Gasteiger partial charge in [-0.2, -0.15) is 0 Å². The van der Waals surface area contributed by atoms with Gasteiger partial charge in [0.05, 0.1) is 18.4 Å². The second-order valence-corrected chi connectivity index (χ2v) is 6.70. The summed E-state index contributed by atoms with van der Waals surface area (Å²) in [5, 5.41) is 2.76. The lowest BCUT2D eigenvalue weighted by molar-refractivity contribution is -0.140. The lowest BCUT2D eigenvalue weighted by atomic mass is 9.85. The van der Waals surface area contributed by atoms with Crippen LogP contribution in [-0.2, 0) is 14.4 Å². The molecular weight excluding hydrogens is 332 g/mol. The largest absolute Gasteiger partial charge is 0.491 e. The van der Waals surface area contributed by atoms with E-state index in [9.17, 15) is 14.4 Å². The summed E-state index contributed by atoms with van der Waals surface area (Å²) >= 11 is 0. The van der Waals surface area contributed by atoms with Crippen molar-refractivity contribution in [2.24, 2.45) is 11.8 Å². The van der Waals surface area contributed by atoms with Gasteiger partial charge in [-0.1, -0.05) is 30.4 Å². The van der Waals surface area contributed by atoms with Gasteiger partial charge in [0.25, 0.3) is 0 Å². The average molecular weight is 356 g/mol. The predicted octanol–water partition coefficient (Wildman–Crippen LogP) is 1.83. The second-order valence-electron chi connectivity index (χ2n) is 6.70. The third kappa shape index (κ3) is 3.95. The van der Waals surface area contributed by atoms with Crippen LogP contribution in [0, 0.1) is 18.8 Å². The number of carbonyl (C=O) groups is 3. The van der Waals surface area contributed by atoms with Gasteiger partial charge in [-0.05, 0) is 31.4 Å². The summed E-state index contributed by atoms with van der Waals surface area (Å²) in [6.45, 7) is 2.86. The van der Waals surface area contributed by atoms with E-state index in [1.165, 1.54) is 4.90 Å². The van der Waals surface area contributed by atoms with Crippen LogP contribution in [0.2, 0.25) is 0 Å². The quantitative estimate of drug-likeness (QED) is 0.459. The molecule has 1 fully saturated rings. The SMILES string of the molecule is Cc1ccccc1OCCNC(=O)CCN1C(=O)[C@H]2CC=CC[C@H]2C1=O. The topological polar surface area (TPSA) is 75.7 Å². The number of allylic oxidation sites excluding steroid dienone is 2. The van der Waals surface area contributed by atoms with Crippen molar-refractivity contribution in [2.45, 2.75) is 26.2 Å². The number of aryl methyl sites for hydroxylation is 1. The summed E-state index contributed by atoms with van der Waals surface area (Å²) < 4.78 is 5.62. The molecule has 3 rings (SSSR count). The first kappa shape index (κ1) is 18.2. The zero-order valence-corrected chi connectivity index (χ0v) is 14.9. The number of amides is 3. The molecule has 0 radical (unpaired) electrons. The molecular formula is C20H24N2O4. The standard InChI is InChI=1S/C20H24N2O4/c1-14-6-2-5-9-17(14)26-13-11-21-18(23)10-12-22-19(24)15-7-3-4-8-16(15)20(22)25/h2-6,9,15-16H,7-8,10-13H2,1H3,(H,21,23)/t15-,16+. The molecule has 0 spiro atoms. The van der Waals surface area contributed by atoms with Crippen LogP contribution in [0.25, 0.3) is 0 Å². The van der Waals surface area contributed by atoms with Crippen molar-refractivity contribution in [2.75, 3.05) is 19.7 Å². The summed E-state index contributed by atoms with van der Waals surface area (Å²) in [5.41, 5.74) is 1.04. The molecule has 1 aromatic rings. The molecule has 1 N–H and O–H groups in total. The van der Waals surface area contributed by atoms with Crippen LogP contribution in [0.15, 0.2) is 36.4 Å². The summed E-state index contributed by atoms with van der Waals surface area (Å²) in [4.78, 5) is 37.9. The first-order valence-corrected chi connectivity index (χ1v) is 9.03. The Hall–Kier alpha value is -2.63. The maximum atomic E-state index is 12.3. The van der Waals surface area contributed by atoms with Gasteiger partial charge >= 0.3 is 0 Å². The Morgan fingerprint density at radius 2 is 1.81 bits per heavy atom. The van der Waals surface area contributed by atoms with Crippen LogP contribution < -0.4 is 10.1 Å². The third-order valence-corrected chi connectivity index (χ3v) is 4.94. The van der Waals surface area contributed by atoms with Gasteiger partial charge in [0.1, 0.15) is 12.4 Å². The Morgan fingerprint density at radius 3 is 2.46 bits per heavy atom. The first-order valence-electron chi connectivity index (χ1n) is 9.03. The fourth-order valence-corrected chi connectivity index (χ4v) is 3.46. The number of fused-ring (bicyclic) bond motifs is 1. The van der Waals surface area contributed by atoms with Gasteiger partial charge in [0.2, 0.25) is 17.7 Å². The molecule has 1 aliphatic heterocycles. The smallest absolute Gasteiger partial charge is 0.233 e. The van der Waals surface area contributed by atoms with Crippen molar-refractivity contribution in [1.29, 1.82) is 0 Å².